The van der Waals surface area contributed by atoms with Crippen molar-refractivity contribution in [1.29, 1.82) is 0 Å². The van der Waals surface area contributed by atoms with Crippen LogP contribution < -0.4 is 4.74 Å². The molecule has 1 N–H and O–H groups in total. The monoisotopic (exact) mass is 229 g/mol. The molecule has 0 aliphatic carbocycles. The number of para-hydroxylation sites is 1. The van der Waals surface area contributed by atoms with Crippen LogP contribution in [0.2, 0.25) is 0 Å². The van der Waals surface area contributed by atoms with Crippen LogP contribution in [0.3, 0.4) is 0 Å². The minimum absolute atomic E-state index is 0.587. The van der Waals surface area contributed by atoms with E-state index < -0.39 is 5.97 Å². The summed E-state index contributed by atoms with van der Waals surface area (Å²) < 4.78 is 5.21. The van der Waals surface area contributed by atoms with Crippen molar-refractivity contribution in [3.63, 3.8) is 0 Å². The second-order valence-electron chi connectivity index (χ2n) is 3.44. The zero-order valence-electron chi connectivity index (χ0n) is 9.25. The topological polar surface area (TPSA) is 59.4 Å². The van der Waals surface area contributed by atoms with E-state index in [-0.39, 0.29) is 0 Å². The van der Waals surface area contributed by atoms with Crippen LogP contribution in [0.15, 0.2) is 36.4 Å². The smallest absolute Gasteiger partial charge is 0.328 e. The summed E-state index contributed by atoms with van der Waals surface area (Å²) in [4.78, 5) is 14.8. The second-order valence-corrected chi connectivity index (χ2v) is 3.44. The summed E-state index contributed by atoms with van der Waals surface area (Å²) in [7, 11) is 1.58. The van der Waals surface area contributed by atoms with Crippen LogP contribution in [0.4, 0.5) is 0 Å². The number of aromatic nitrogens is 1. The number of hydrogen-bond donors (Lipinski definition) is 1. The fraction of sp³-hybridized carbons (Fsp3) is 0.0769. The third-order valence-electron chi connectivity index (χ3n) is 2.32. The summed E-state index contributed by atoms with van der Waals surface area (Å²) in [6, 6.07) is 9.28. The number of carbonyl (C=O) groups is 1. The number of pyridine rings is 1. The number of hydrogen-bond acceptors (Lipinski definition) is 3. The van der Waals surface area contributed by atoms with Crippen molar-refractivity contribution in [2.75, 3.05) is 7.11 Å². The molecule has 1 heterocycles. The molecule has 2 aromatic rings. The highest BCUT2D eigenvalue weighted by atomic mass is 16.5. The van der Waals surface area contributed by atoms with Gasteiger partial charge in [0, 0.05) is 11.5 Å². The molecular formula is C13H11NO3. The highest BCUT2D eigenvalue weighted by molar-refractivity contribution is 5.88. The Hall–Kier alpha value is -2.36. The van der Waals surface area contributed by atoms with Gasteiger partial charge < -0.3 is 9.84 Å². The molecule has 0 saturated heterocycles. The fourth-order valence-corrected chi connectivity index (χ4v) is 1.55. The van der Waals surface area contributed by atoms with Gasteiger partial charge in [-0.1, -0.05) is 18.2 Å². The largest absolute Gasteiger partial charge is 0.494 e. The minimum atomic E-state index is -0.994. The standard InChI is InChI=1S/C13H11NO3/c1-17-11-4-2-3-9-5-6-10(14-13(9)11)7-8-12(15)16/h2-8H,1H3,(H,15,16)/b8-7-. The molecule has 4 nitrogen and oxygen atoms in total. The Morgan fingerprint density at radius 3 is 2.88 bits per heavy atom. The quantitative estimate of drug-likeness (QED) is 0.820. The van der Waals surface area contributed by atoms with Gasteiger partial charge in [-0.2, -0.15) is 0 Å². The van der Waals surface area contributed by atoms with Gasteiger partial charge in [0.15, 0.2) is 0 Å². The van der Waals surface area contributed by atoms with E-state index in [2.05, 4.69) is 4.98 Å². The molecule has 0 radical (unpaired) electrons. The van der Waals surface area contributed by atoms with E-state index in [9.17, 15) is 4.79 Å². The van der Waals surface area contributed by atoms with E-state index in [1.807, 2.05) is 24.3 Å². The van der Waals surface area contributed by atoms with Crippen molar-refractivity contribution < 1.29 is 14.6 Å². The summed E-state index contributed by atoms with van der Waals surface area (Å²) in [6.07, 6.45) is 2.51. The van der Waals surface area contributed by atoms with Crippen molar-refractivity contribution in [3.05, 3.63) is 42.1 Å². The molecule has 86 valence electrons. The molecule has 1 aromatic heterocycles. The number of nitrogens with zero attached hydrogens (tertiary/aromatic N) is 1. The lowest BCUT2D eigenvalue weighted by Gasteiger charge is -2.04. The molecule has 4 heteroatoms. The van der Waals surface area contributed by atoms with Gasteiger partial charge >= 0.3 is 5.97 Å². The molecule has 0 saturated carbocycles. The first-order valence-electron chi connectivity index (χ1n) is 5.05. The lowest BCUT2D eigenvalue weighted by atomic mass is 10.2. The van der Waals surface area contributed by atoms with Crippen LogP contribution in [0.25, 0.3) is 17.0 Å². The van der Waals surface area contributed by atoms with Crippen LogP contribution in [0.1, 0.15) is 5.69 Å². The van der Waals surface area contributed by atoms with E-state index in [0.717, 1.165) is 17.0 Å². The predicted octanol–water partition coefficient (Wildman–Crippen LogP) is 2.34. The van der Waals surface area contributed by atoms with Crippen molar-refractivity contribution in [1.82, 2.24) is 4.98 Å². The summed E-state index contributed by atoms with van der Waals surface area (Å²) in [6.45, 7) is 0. The van der Waals surface area contributed by atoms with E-state index in [1.54, 1.807) is 13.2 Å². The summed E-state index contributed by atoms with van der Waals surface area (Å²) in [5.41, 5.74) is 1.31. The Morgan fingerprint density at radius 1 is 1.35 bits per heavy atom. The second kappa shape index (κ2) is 4.65. The Kier molecular flexibility index (Phi) is 3.05. The SMILES string of the molecule is COc1cccc2ccc(/C=C\C(=O)O)nc12. The molecule has 1 aromatic carbocycles. The highest BCUT2D eigenvalue weighted by Crippen LogP contribution is 2.23. The van der Waals surface area contributed by atoms with Crippen molar-refractivity contribution in [3.8, 4) is 5.75 Å². The van der Waals surface area contributed by atoms with Gasteiger partial charge in [0.2, 0.25) is 0 Å². The van der Waals surface area contributed by atoms with Gasteiger partial charge in [0.1, 0.15) is 11.3 Å². The van der Waals surface area contributed by atoms with E-state index in [4.69, 9.17) is 9.84 Å². The lowest BCUT2D eigenvalue weighted by molar-refractivity contribution is -0.131. The minimum Gasteiger partial charge on any atom is -0.494 e. The average Bonchev–Trinajstić information content (AvgIpc) is 2.35. The Balaban J connectivity index is 2.52. The fourth-order valence-electron chi connectivity index (χ4n) is 1.55. The molecule has 2 rings (SSSR count). The molecule has 0 spiro atoms. The van der Waals surface area contributed by atoms with Gasteiger partial charge in [0.25, 0.3) is 0 Å². The van der Waals surface area contributed by atoms with Gasteiger partial charge in [-0.05, 0) is 18.2 Å². The molecule has 0 amide bonds. The third kappa shape index (κ3) is 2.42. The Bertz CT molecular complexity index is 590. The number of rotatable bonds is 3. The number of fused-ring (bicyclic) bond motifs is 1. The molecular weight excluding hydrogens is 218 g/mol. The number of benzene rings is 1. The summed E-state index contributed by atoms with van der Waals surface area (Å²) in [5, 5.41) is 9.50. The van der Waals surface area contributed by atoms with Crippen molar-refractivity contribution in [2.24, 2.45) is 0 Å². The third-order valence-corrected chi connectivity index (χ3v) is 2.32. The summed E-state index contributed by atoms with van der Waals surface area (Å²) in [5.74, 6) is -0.319. The van der Waals surface area contributed by atoms with Crippen molar-refractivity contribution in [2.45, 2.75) is 0 Å². The van der Waals surface area contributed by atoms with Gasteiger partial charge in [0.05, 0.1) is 12.8 Å². The zero-order chi connectivity index (χ0) is 12.3. The number of carboxylic acids is 1. The van der Waals surface area contributed by atoms with Gasteiger partial charge in [-0.15, -0.1) is 0 Å². The van der Waals surface area contributed by atoms with E-state index in [0.29, 0.717) is 11.4 Å². The number of aliphatic carboxylic acids is 1. The molecule has 17 heavy (non-hydrogen) atoms. The summed E-state index contributed by atoms with van der Waals surface area (Å²) >= 11 is 0. The molecule has 0 atom stereocenters. The first-order valence-corrected chi connectivity index (χ1v) is 5.05. The molecule has 0 aliphatic heterocycles. The molecule has 0 unspecified atom stereocenters. The van der Waals surface area contributed by atoms with Crippen LogP contribution in [0.5, 0.6) is 5.75 Å². The van der Waals surface area contributed by atoms with Crippen LogP contribution in [0, 0.1) is 0 Å². The highest BCUT2D eigenvalue weighted by Gasteiger charge is 2.02. The lowest BCUT2D eigenvalue weighted by Crippen LogP contribution is -1.90. The first-order chi connectivity index (χ1) is 8.20. The van der Waals surface area contributed by atoms with Gasteiger partial charge in [-0.25, -0.2) is 9.78 Å². The van der Waals surface area contributed by atoms with Crippen molar-refractivity contribution >= 4 is 22.9 Å². The number of carboxylic acid groups (broad SMARTS) is 1. The maximum absolute atomic E-state index is 10.4. The first kappa shape index (κ1) is 11.1. The van der Waals surface area contributed by atoms with E-state index >= 15 is 0 Å². The maximum atomic E-state index is 10.4. The van der Waals surface area contributed by atoms with Crippen LogP contribution in [-0.2, 0) is 4.79 Å². The molecule has 0 aliphatic rings. The molecule has 0 fully saturated rings. The Morgan fingerprint density at radius 2 is 2.18 bits per heavy atom. The average molecular weight is 229 g/mol. The predicted molar refractivity (Wildman–Crippen MR) is 65.0 cm³/mol. The zero-order valence-corrected chi connectivity index (χ0v) is 9.25. The number of ether oxygens (including phenoxy) is 1. The van der Waals surface area contributed by atoms with Crippen LogP contribution in [-0.4, -0.2) is 23.2 Å². The van der Waals surface area contributed by atoms with Gasteiger partial charge in [-0.3, -0.25) is 0 Å². The normalized spacial score (nSPS) is 10.9. The Labute approximate surface area is 98.2 Å². The van der Waals surface area contributed by atoms with Crippen LogP contribution >= 0.6 is 0 Å². The molecule has 0 bridgehead atoms. The maximum Gasteiger partial charge on any atom is 0.328 e. The number of methoxy groups -OCH3 is 1. The van der Waals surface area contributed by atoms with E-state index in [1.165, 1.54) is 6.08 Å².